The van der Waals surface area contributed by atoms with Crippen LogP contribution in [0.3, 0.4) is 0 Å². The van der Waals surface area contributed by atoms with Crippen molar-refractivity contribution in [2.24, 2.45) is 10.8 Å². The molecule has 4 atom stereocenters. The van der Waals surface area contributed by atoms with Gasteiger partial charge < -0.3 is 81.7 Å². The maximum Gasteiger partial charge on any atom is 0.111 e. The lowest BCUT2D eigenvalue weighted by molar-refractivity contribution is -0.123. The van der Waals surface area contributed by atoms with E-state index >= 15 is 0 Å². The molecule has 0 radical (unpaired) electrons. The molecule has 0 heterocycles. The molecular formula is C20H48O16. The fourth-order valence-corrected chi connectivity index (χ4v) is 1.51. The first kappa shape index (κ1) is 42.4. The third kappa shape index (κ3) is 18.6. The first-order valence-corrected chi connectivity index (χ1v) is 10.9. The van der Waals surface area contributed by atoms with E-state index in [0.717, 1.165) is 0 Å². The number of aliphatic hydroxyl groups excluding tert-OH is 16. The molecule has 16 heteroatoms. The number of hydrogen-bond acceptors (Lipinski definition) is 16. The summed E-state index contributed by atoms with van der Waals surface area (Å²) in [4.78, 5) is 0. The minimum atomic E-state index is -1.67. The van der Waals surface area contributed by atoms with E-state index < -0.39 is 81.0 Å². The normalized spacial score (nSPS) is 14.8. The maximum atomic E-state index is 8.96. The zero-order chi connectivity index (χ0) is 29.4. The van der Waals surface area contributed by atoms with Crippen LogP contribution in [0.15, 0.2) is 0 Å². The molecule has 36 heavy (non-hydrogen) atoms. The minimum absolute atomic E-state index is 0.156. The molecule has 16 N–H and O–H groups in total. The van der Waals surface area contributed by atoms with Crippen LogP contribution >= 0.6 is 0 Å². The van der Waals surface area contributed by atoms with E-state index in [2.05, 4.69) is 0 Å². The number of hydrogen-bond donors (Lipinski definition) is 16. The fourth-order valence-electron chi connectivity index (χ4n) is 1.51. The zero-order valence-corrected chi connectivity index (χ0v) is 20.5. The lowest BCUT2D eigenvalue weighted by atomic mass is 9.88. The van der Waals surface area contributed by atoms with Gasteiger partial charge in [-0.3, -0.25) is 0 Å². The van der Waals surface area contributed by atoms with Crippen molar-refractivity contribution in [2.75, 3.05) is 72.7 Å². The molecule has 0 aliphatic rings. The highest BCUT2D eigenvalue weighted by Gasteiger charge is 2.29. The standard InChI is InChI=1S/C6H14O6.C6H14O3.C5H12O4.C3H8O3/c7-1-3(9)5(11)6(12)4(10)2-8;1-2-6(3-7,4-8)5-9;6-1-5(2-7,3-8)4-9;4-1-3(6)2-5/h3-12H,1-2H2;7-9H,2-5H2,1H3;6-9H,1-4H2;3-6H,1-2H2. The quantitative estimate of drug-likeness (QED) is 0.0909. The van der Waals surface area contributed by atoms with E-state index in [1.54, 1.807) is 0 Å². The van der Waals surface area contributed by atoms with Gasteiger partial charge in [0.1, 0.15) is 30.5 Å². The molecule has 0 spiro atoms. The van der Waals surface area contributed by atoms with Gasteiger partial charge in [-0.25, -0.2) is 0 Å². The smallest absolute Gasteiger partial charge is 0.111 e. The van der Waals surface area contributed by atoms with Crippen LogP contribution in [0, 0.1) is 10.8 Å². The Morgan fingerprint density at radius 3 is 0.722 bits per heavy atom. The van der Waals surface area contributed by atoms with Gasteiger partial charge in [0.2, 0.25) is 0 Å². The van der Waals surface area contributed by atoms with Gasteiger partial charge in [-0.1, -0.05) is 6.92 Å². The van der Waals surface area contributed by atoms with Gasteiger partial charge >= 0.3 is 0 Å². The second-order valence-electron chi connectivity index (χ2n) is 7.96. The van der Waals surface area contributed by atoms with Crippen LogP contribution in [0.4, 0.5) is 0 Å². The van der Waals surface area contributed by atoms with Crippen LogP contribution in [0.25, 0.3) is 0 Å². The molecule has 4 unspecified atom stereocenters. The van der Waals surface area contributed by atoms with Gasteiger partial charge in [-0.05, 0) is 6.42 Å². The summed E-state index contributed by atoms with van der Waals surface area (Å²) in [5.41, 5.74) is -1.78. The highest BCUT2D eigenvalue weighted by molar-refractivity contribution is 4.79. The highest BCUT2D eigenvalue weighted by Crippen LogP contribution is 2.18. The first-order chi connectivity index (χ1) is 16.8. The van der Waals surface area contributed by atoms with Gasteiger partial charge in [0, 0.05) is 5.41 Å². The maximum absolute atomic E-state index is 8.96. The fraction of sp³-hybridized carbons (Fsp3) is 1.00. The van der Waals surface area contributed by atoms with Crippen molar-refractivity contribution in [1.29, 1.82) is 0 Å². The Balaban J connectivity index is -0.000000195. The topological polar surface area (TPSA) is 324 Å². The van der Waals surface area contributed by atoms with Gasteiger partial charge in [0.15, 0.2) is 0 Å². The van der Waals surface area contributed by atoms with Crippen LogP contribution in [0.1, 0.15) is 13.3 Å². The molecule has 0 rings (SSSR count). The second kappa shape index (κ2) is 26.0. The monoisotopic (exact) mass is 544 g/mol. The molecule has 0 aromatic carbocycles. The Bertz CT molecular complexity index is 363. The Hall–Kier alpha value is -0.640. The average Bonchev–Trinajstić information content (AvgIpc) is 2.94. The molecule has 16 nitrogen and oxygen atoms in total. The van der Waals surface area contributed by atoms with Crippen molar-refractivity contribution >= 4 is 0 Å². The lowest BCUT2D eigenvalue weighted by Crippen LogP contribution is -2.46. The summed E-state index contributed by atoms with van der Waals surface area (Å²) in [6.45, 7) is -2.45. The predicted octanol–water partition coefficient (Wildman–Crippen LogP) is -7.95. The number of rotatable bonds is 15. The van der Waals surface area contributed by atoms with Gasteiger partial charge in [-0.2, -0.15) is 0 Å². The third-order valence-electron chi connectivity index (χ3n) is 5.03. The Morgan fingerprint density at radius 1 is 0.417 bits per heavy atom. The summed E-state index contributed by atoms with van der Waals surface area (Å²) in [6.07, 6.45) is -6.75. The predicted molar refractivity (Wildman–Crippen MR) is 123 cm³/mol. The molecular weight excluding hydrogens is 496 g/mol. The van der Waals surface area contributed by atoms with E-state index in [-0.39, 0.29) is 33.0 Å². The SMILES string of the molecule is CCC(CO)(CO)CO.OCC(CO)(CO)CO.OCC(O)C(O)C(O)C(O)CO.OCC(O)CO. The Morgan fingerprint density at radius 2 is 0.667 bits per heavy atom. The van der Waals surface area contributed by atoms with E-state index in [1.807, 2.05) is 6.92 Å². The highest BCUT2D eigenvalue weighted by atomic mass is 16.4. The molecule has 0 fully saturated rings. The van der Waals surface area contributed by atoms with E-state index in [1.165, 1.54) is 0 Å². The van der Waals surface area contributed by atoms with E-state index in [0.29, 0.717) is 6.42 Å². The summed E-state index contributed by atoms with van der Waals surface area (Å²) >= 11 is 0. The van der Waals surface area contributed by atoms with Crippen LogP contribution < -0.4 is 0 Å². The summed E-state index contributed by atoms with van der Waals surface area (Å²) in [7, 11) is 0. The molecule has 0 amide bonds. The van der Waals surface area contributed by atoms with E-state index in [4.69, 9.17) is 81.7 Å². The summed E-state index contributed by atoms with van der Waals surface area (Å²) in [5.74, 6) is 0. The van der Waals surface area contributed by atoms with Crippen molar-refractivity contribution in [3.05, 3.63) is 0 Å². The zero-order valence-electron chi connectivity index (χ0n) is 20.5. The van der Waals surface area contributed by atoms with Crippen molar-refractivity contribution in [1.82, 2.24) is 0 Å². The average molecular weight is 545 g/mol. The van der Waals surface area contributed by atoms with Crippen molar-refractivity contribution < 1.29 is 81.7 Å². The van der Waals surface area contributed by atoms with Crippen LogP contribution in [0.5, 0.6) is 0 Å². The van der Waals surface area contributed by atoms with Gasteiger partial charge in [-0.15, -0.1) is 0 Å². The molecule has 0 aromatic rings. The lowest BCUT2D eigenvalue weighted by Gasteiger charge is -2.24. The largest absolute Gasteiger partial charge is 0.396 e. The summed E-state index contributed by atoms with van der Waals surface area (Å²) in [6, 6.07) is 0. The van der Waals surface area contributed by atoms with Crippen LogP contribution in [-0.2, 0) is 0 Å². The first-order valence-electron chi connectivity index (χ1n) is 10.9. The van der Waals surface area contributed by atoms with Gasteiger partial charge in [0.05, 0.1) is 78.1 Å². The molecule has 0 aliphatic carbocycles. The van der Waals surface area contributed by atoms with Crippen LogP contribution in [0.2, 0.25) is 0 Å². The Labute approximate surface area is 209 Å². The van der Waals surface area contributed by atoms with Crippen molar-refractivity contribution in [3.8, 4) is 0 Å². The molecule has 0 saturated carbocycles. The molecule has 0 aliphatic heterocycles. The second-order valence-corrected chi connectivity index (χ2v) is 7.96. The van der Waals surface area contributed by atoms with Crippen molar-refractivity contribution in [3.63, 3.8) is 0 Å². The molecule has 0 aromatic heterocycles. The van der Waals surface area contributed by atoms with Crippen molar-refractivity contribution in [2.45, 2.75) is 43.9 Å². The minimum Gasteiger partial charge on any atom is -0.396 e. The Kier molecular flexibility index (Phi) is 30.6. The van der Waals surface area contributed by atoms with Gasteiger partial charge in [0.25, 0.3) is 0 Å². The number of aliphatic hydroxyl groups is 16. The molecule has 0 bridgehead atoms. The molecule has 0 saturated heterocycles. The van der Waals surface area contributed by atoms with E-state index in [9.17, 15) is 0 Å². The van der Waals surface area contributed by atoms with Crippen LogP contribution in [-0.4, -0.2) is 185 Å². The molecule has 224 valence electrons. The summed E-state index contributed by atoms with van der Waals surface area (Å²) in [5, 5.41) is 136. The third-order valence-corrected chi connectivity index (χ3v) is 5.03. The summed E-state index contributed by atoms with van der Waals surface area (Å²) < 4.78 is 0.